The first kappa shape index (κ1) is 23.9. The molecular weight excluding hydrogens is 528 g/mol. The number of anilines is 1. The van der Waals surface area contributed by atoms with E-state index in [4.69, 9.17) is 16.3 Å². The van der Waals surface area contributed by atoms with Crippen molar-refractivity contribution < 1.29 is 24.4 Å². The first-order valence-corrected chi connectivity index (χ1v) is 11.3. The summed E-state index contributed by atoms with van der Waals surface area (Å²) in [4.78, 5) is 38.7. The van der Waals surface area contributed by atoms with Gasteiger partial charge in [-0.3, -0.25) is 19.7 Å². The molecule has 0 spiro atoms. The summed E-state index contributed by atoms with van der Waals surface area (Å²) >= 11 is 9.63. The molecule has 1 aliphatic rings. The molecule has 1 aliphatic heterocycles. The maximum absolute atomic E-state index is 13.5. The molecular formula is C24H18BrClN2O6. The minimum atomic E-state index is -2.16. The highest BCUT2D eigenvalue weighted by atomic mass is 79.9. The number of hydrogen-bond donors (Lipinski definition) is 1. The van der Waals surface area contributed by atoms with Gasteiger partial charge in [-0.2, -0.15) is 0 Å². The van der Waals surface area contributed by atoms with E-state index in [0.717, 1.165) is 6.07 Å². The molecule has 1 heterocycles. The molecule has 1 amide bonds. The van der Waals surface area contributed by atoms with Gasteiger partial charge in [-0.25, -0.2) is 0 Å². The lowest BCUT2D eigenvalue weighted by Crippen LogP contribution is -2.41. The molecule has 0 saturated heterocycles. The van der Waals surface area contributed by atoms with Crippen LogP contribution in [0.1, 0.15) is 27.9 Å². The Kier molecular flexibility index (Phi) is 6.44. The highest BCUT2D eigenvalue weighted by molar-refractivity contribution is 9.10. The molecule has 0 aromatic heterocycles. The van der Waals surface area contributed by atoms with Crippen molar-refractivity contribution in [1.82, 2.24) is 0 Å². The van der Waals surface area contributed by atoms with Crippen LogP contribution in [0.4, 0.5) is 11.4 Å². The summed E-state index contributed by atoms with van der Waals surface area (Å²) < 4.78 is 5.59. The van der Waals surface area contributed by atoms with Crippen molar-refractivity contribution in [1.29, 1.82) is 0 Å². The fourth-order valence-electron chi connectivity index (χ4n) is 3.99. The largest absolute Gasteiger partial charge is 0.490 e. The summed E-state index contributed by atoms with van der Waals surface area (Å²) in [6.45, 7) is 0.0949. The molecule has 3 aromatic carbocycles. The number of fused-ring (bicyclic) bond motifs is 1. The van der Waals surface area contributed by atoms with Crippen LogP contribution in [0.3, 0.4) is 0 Å². The number of rotatable bonds is 7. The molecule has 0 bridgehead atoms. The van der Waals surface area contributed by atoms with Crippen LogP contribution in [0, 0.1) is 10.1 Å². The molecule has 0 fully saturated rings. The monoisotopic (exact) mass is 544 g/mol. The van der Waals surface area contributed by atoms with Crippen LogP contribution in [0.5, 0.6) is 5.75 Å². The second kappa shape index (κ2) is 9.17. The van der Waals surface area contributed by atoms with Gasteiger partial charge in [0.05, 0.1) is 30.7 Å². The smallest absolute Gasteiger partial charge is 0.311 e. The Balaban J connectivity index is 1.72. The molecule has 1 atom stereocenters. The molecule has 0 aliphatic carbocycles. The Labute approximate surface area is 208 Å². The molecule has 10 heteroatoms. The zero-order chi connectivity index (χ0) is 24.6. The van der Waals surface area contributed by atoms with Crippen LogP contribution in [0.15, 0.2) is 65.1 Å². The first-order chi connectivity index (χ1) is 16.2. The molecule has 1 unspecified atom stereocenters. The Morgan fingerprint density at radius 2 is 1.94 bits per heavy atom. The van der Waals surface area contributed by atoms with Crippen LogP contribution < -0.4 is 9.64 Å². The molecule has 4 rings (SSSR count). The van der Waals surface area contributed by atoms with Gasteiger partial charge in [0, 0.05) is 26.7 Å². The van der Waals surface area contributed by atoms with E-state index in [0.29, 0.717) is 20.7 Å². The lowest BCUT2D eigenvalue weighted by atomic mass is 9.88. The van der Waals surface area contributed by atoms with Gasteiger partial charge < -0.3 is 14.7 Å². The summed E-state index contributed by atoms with van der Waals surface area (Å²) in [5.74, 6) is -1.32. The van der Waals surface area contributed by atoms with Crippen molar-refractivity contribution in [3.8, 4) is 5.75 Å². The summed E-state index contributed by atoms with van der Waals surface area (Å²) in [6.07, 6.45) is -0.599. The summed E-state index contributed by atoms with van der Waals surface area (Å²) in [5, 5.41) is 23.4. The Bertz CT molecular complexity index is 1330. The number of aliphatic hydroxyl groups is 1. The summed E-state index contributed by atoms with van der Waals surface area (Å²) in [5.41, 5.74) is -1.19. The second-order valence-corrected chi connectivity index (χ2v) is 9.07. The molecule has 0 radical (unpaired) electrons. The number of ketones is 1. The molecule has 0 saturated carbocycles. The standard InChI is InChI=1S/C24H18BrClN2O6/c1-34-22-9-6-14(10-20(22)28(32)33)21(29)12-24(31)17-11-16(25)7-8-19(17)27(23(24)30)13-15-4-2-3-5-18(15)26/h2-11,31H,12-13H2,1H3. The van der Waals surface area contributed by atoms with Crippen molar-refractivity contribution in [3.05, 3.63) is 97.0 Å². The number of nitro benzene ring substituents is 1. The van der Waals surface area contributed by atoms with Crippen LogP contribution >= 0.6 is 27.5 Å². The number of carbonyl (C=O) groups is 2. The van der Waals surface area contributed by atoms with Crippen molar-refractivity contribution >= 4 is 50.6 Å². The molecule has 174 valence electrons. The lowest BCUT2D eigenvalue weighted by Gasteiger charge is -2.23. The van der Waals surface area contributed by atoms with Crippen molar-refractivity contribution in [3.63, 3.8) is 0 Å². The number of benzene rings is 3. The van der Waals surface area contributed by atoms with Gasteiger partial charge in [-0.1, -0.05) is 45.7 Å². The number of hydrogen-bond acceptors (Lipinski definition) is 6. The minimum Gasteiger partial charge on any atom is -0.490 e. The molecule has 1 N–H and O–H groups in total. The highest BCUT2D eigenvalue weighted by Gasteiger charge is 2.51. The lowest BCUT2D eigenvalue weighted by molar-refractivity contribution is -0.385. The van der Waals surface area contributed by atoms with Crippen LogP contribution in [0.2, 0.25) is 5.02 Å². The number of nitrogens with zero attached hydrogens (tertiary/aromatic N) is 2. The van der Waals surface area contributed by atoms with Gasteiger partial charge in [0.2, 0.25) is 0 Å². The Morgan fingerprint density at radius 3 is 2.62 bits per heavy atom. The average Bonchev–Trinajstić information content (AvgIpc) is 3.01. The quantitative estimate of drug-likeness (QED) is 0.253. The van der Waals surface area contributed by atoms with Crippen LogP contribution in [-0.2, 0) is 16.9 Å². The van der Waals surface area contributed by atoms with Gasteiger partial charge in [0.1, 0.15) is 0 Å². The number of methoxy groups -OCH3 is 1. The maximum Gasteiger partial charge on any atom is 0.311 e. The number of halogens is 2. The number of amides is 1. The fraction of sp³-hybridized carbons (Fsp3) is 0.167. The van der Waals surface area contributed by atoms with E-state index in [1.165, 1.54) is 24.1 Å². The SMILES string of the molecule is COc1ccc(C(=O)CC2(O)C(=O)N(Cc3ccccc3Cl)c3ccc(Br)cc32)cc1[N+](=O)[O-]. The van der Waals surface area contributed by atoms with E-state index < -0.39 is 28.6 Å². The first-order valence-electron chi connectivity index (χ1n) is 10.1. The van der Waals surface area contributed by atoms with Crippen molar-refractivity contribution in [2.45, 2.75) is 18.6 Å². The summed E-state index contributed by atoms with van der Waals surface area (Å²) in [6, 6.07) is 15.8. The normalized spacial score (nSPS) is 16.9. The Morgan fingerprint density at radius 1 is 1.21 bits per heavy atom. The summed E-state index contributed by atoms with van der Waals surface area (Å²) in [7, 11) is 1.28. The highest BCUT2D eigenvalue weighted by Crippen LogP contribution is 2.45. The number of nitro groups is 1. The fourth-order valence-corrected chi connectivity index (χ4v) is 4.54. The van der Waals surface area contributed by atoms with E-state index in [2.05, 4.69) is 15.9 Å². The van der Waals surface area contributed by atoms with E-state index in [-0.39, 0.29) is 29.1 Å². The zero-order valence-electron chi connectivity index (χ0n) is 17.8. The third-order valence-electron chi connectivity index (χ3n) is 5.69. The predicted octanol–water partition coefficient (Wildman–Crippen LogP) is 5.03. The predicted molar refractivity (Wildman–Crippen MR) is 129 cm³/mol. The second-order valence-electron chi connectivity index (χ2n) is 7.75. The molecule has 34 heavy (non-hydrogen) atoms. The number of ether oxygens (including phenoxy) is 1. The number of carbonyl (C=O) groups excluding carboxylic acids is 2. The van der Waals surface area contributed by atoms with Gasteiger partial charge in [0.15, 0.2) is 17.1 Å². The Hall–Kier alpha value is -3.27. The van der Waals surface area contributed by atoms with Gasteiger partial charge in [-0.05, 0) is 42.0 Å². The maximum atomic E-state index is 13.5. The topological polar surface area (TPSA) is 110 Å². The number of Topliss-reactive ketones (excluding diaryl/α,β-unsaturated/α-hetero) is 1. The minimum absolute atomic E-state index is 0.00241. The third-order valence-corrected chi connectivity index (χ3v) is 6.56. The van der Waals surface area contributed by atoms with E-state index >= 15 is 0 Å². The van der Waals surface area contributed by atoms with Crippen LogP contribution in [-0.4, -0.2) is 28.8 Å². The van der Waals surface area contributed by atoms with Crippen LogP contribution in [0.25, 0.3) is 0 Å². The van der Waals surface area contributed by atoms with E-state index in [9.17, 15) is 24.8 Å². The zero-order valence-corrected chi connectivity index (χ0v) is 20.2. The average molecular weight is 546 g/mol. The van der Waals surface area contributed by atoms with Gasteiger partial charge in [0.25, 0.3) is 5.91 Å². The van der Waals surface area contributed by atoms with Crippen molar-refractivity contribution in [2.24, 2.45) is 0 Å². The van der Waals surface area contributed by atoms with Crippen molar-refractivity contribution in [2.75, 3.05) is 12.0 Å². The van der Waals surface area contributed by atoms with Gasteiger partial charge in [-0.15, -0.1) is 0 Å². The van der Waals surface area contributed by atoms with E-state index in [1.807, 2.05) is 0 Å². The van der Waals surface area contributed by atoms with Gasteiger partial charge >= 0.3 is 5.69 Å². The molecule has 3 aromatic rings. The third kappa shape index (κ3) is 4.18. The van der Waals surface area contributed by atoms with E-state index in [1.54, 1.807) is 42.5 Å². The molecule has 8 nitrogen and oxygen atoms in total.